The summed E-state index contributed by atoms with van der Waals surface area (Å²) in [6.45, 7) is 6.65. The Hall–Kier alpha value is -0.730. The average molecular weight is 270 g/mol. The van der Waals surface area contributed by atoms with Crippen molar-refractivity contribution in [1.82, 2.24) is 5.32 Å². The molecule has 1 aromatic carbocycles. The maximum absolute atomic E-state index is 5.87. The molecule has 1 unspecified atom stereocenters. The van der Waals surface area contributed by atoms with Crippen molar-refractivity contribution in [2.45, 2.75) is 38.6 Å². The minimum Gasteiger partial charge on any atom is -0.496 e. The molecule has 0 fully saturated rings. The molecule has 0 bridgehead atoms. The molecule has 1 N–H and O–H groups in total. The first-order chi connectivity index (χ1) is 8.43. The lowest BCUT2D eigenvalue weighted by Gasteiger charge is -2.24. The minimum atomic E-state index is 0.139. The van der Waals surface area contributed by atoms with Crippen molar-refractivity contribution in [3.05, 3.63) is 29.3 Å². The molecule has 102 valence electrons. The third-order valence-electron chi connectivity index (χ3n) is 3.22. The fraction of sp³-hybridized carbons (Fsp3) is 0.600. The highest BCUT2D eigenvalue weighted by Gasteiger charge is 2.19. The highest BCUT2D eigenvalue weighted by molar-refractivity contribution is 6.17. The first kappa shape index (κ1) is 15.3. The third-order valence-corrected chi connectivity index (χ3v) is 3.44. The molecule has 0 aliphatic heterocycles. The van der Waals surface area contributed by atoms with Crippen LogP contribution in [0.3, 0.4) is 0 Å². The molecule has 1 aromatic rings. The van der Waals surface area contributed by atoms with Crippen LogP contribution in [0.25, 0.3) is 0 Å². The van der Waals surface area contributed by atoms with Gasteiger partial charge in [-0.05, 0) is 36.6 Å². The van der Waals surface area contributed by atoms with E-state index in [2.05, 4.69) is 44.3 Å². The van der Waals surface area contributed by atoms with Gasteiger partial charge in [-0.3, -0.25) is 0 Å². The first-order valence-corrected chi connectivity index (χ1v) is 6.89. The predicted octanol–water partition coefficient (Wildman–Crippen LogP) is 3.88. The van der Waals surface area contributed by atoms with Crippen LogP contribution in [0.15, 0.2) is 18.2 Å². The van der Waals surface area contributed by atoms with Gasteiger partial charge in [-0.1, -0.05) is 26.8 Å². The van der Waals surface area contributed by atoms with Gasteiger partial charge in [0.1, 0.15) is 5.75 Å². The summed E-state index contributed by atoms with van der Waals surface area (Å²) in [5.74, 6) is 1.56. The van der Waals surface area contributed by atoms with Gasteiger partial charge in [-0.15, -0.1) is 11.6 Å². The lowest BCUT2D eigenvalue weighted by Crippen LogP contribution is -2.19. The van der Waals surface area contributed by atoms with E-state index < -0.39 is 0 Å². The summed E-state index contributed by atoms with van der Waals surface area (Å²) in [6, 6.07) is 6.65. The summed E-state index contributed by atoms with van der Waals surface area (Å²) in [6.07, 6.45) is 0.891. The standard InChI is InChI=1S/C15H24ClNO/c1-15(2,3)11-6-7-14(18-5)12(10-11)13(17-4)8-9-16/h6-7,10,13,17H,8-9H2,1-5H3. The highest BCUT2D eigenvalue weighted by atomic mass is 35.5. The van der Waals surface area contributed by atoms with Crippen LogP contribution >= 0.6 is 11.6 Å². The predicted molar refractivity (Wildman–Crippen MR) is 78.8 cm³/mol. The van der Waals surface area contributed by atoms with E-state index in [1.54, 1.807) is 7.11 Å². The molecule has 0 heterocycles. The van der Waals surface area contributed by atoms with Crippen molar-refractivity contribution in [2.24, 2.45) is 0 Å². The fourth-order valence-electron chi connectivity index (χ4n) is 2.04. The molecule has 0 aliphatic carbocycles. The first-order valence-electron chi connectivity index (χ1n) is 6.35. The maximum atomic E-state index is 5.87. The molecule has 0 spiro atoms. The van der Waals surface area contributed by atoms with Gasteiger partial charge < -0.3 is 10.1 Å². The highest BCUT2D eigenvalue weighted by Crippen LogP contribution is 2.32. The van der Waals surface area contributed by atoms with Crippen LogP contribution in [0, 0.1) is 0 Å². The van der Waals surface area contributed by atoms with Crippen LogP contribution in [0.1, 0.15) is 44.4 Å². The molecule has 0 radical (unpaired) electrons. The van der Waals surface area contributed by atoms with Crippen LogP contribution in [-0.2, 0) is 5.41 Å². The molecule has 0 saturated heterocycles. The molecule has 1 atom stereocenters. The molecule has 3 heteroatoms. The van der Waals surface area contributed by atoms with Gasteiger partial charge in [-0.2, -0.15) is 0 Å². The van der Waals surface area contributed by atoms with E-state index in [9.17, 15) is 0 Å². The molecule has 0 aliphatic rings. The van der Waals surface area contributed by atoms with Crippen molar-refractivity contribution >= 4 is 11.6 Å². The number of ether oxygens (including phenoxy) is 1. The summed E-state index contributed by atoms with van der Waals surface area (Å²) >= 11 is 5.87. The topological polar surface area (TPSA) is 21.3 Å². The minimum absolute atomic E-state index is 0.139. The number of hydrogen-bond donors (Lipinski definition) is 1. The second kappa shape index (κ2) is 6.44. The molecule has 0 aromatic heterocycles. The Labute approximate surface area is 116 Å². The Morgan fingerprint density at radius 3 is 2.44 bits per heavy atom. The van der Waals surface area contributed by atoms with E-state index in [4.69, 9.17) is 16.3 Å². The lowest BCUT2D eigenvalue weighted by atomic mass is 9.85. The van der Waals surface area contributed by atoms with Gasteiger partial charge in [-0.25, -0.2) is 0 Å². The van der Waals surface area contributed by atoms with Crippen molar-refractivity contribution in [3.63, 3.8) is 0 Å². The number of methoxy groups -OCH3 is 1. The van der Waals surface area contributed by atoms with Crippen LogP contribution in [0.2, 0.25) is 0 Å². The summed E-state index contributed by atoms with van der Waals surface area (Å²) in [7, 11) is 3.67. The number of hydrogen-bond acceptors (Lipinski definition) is 2. The Morgan fingerprint density at radius 2 is 2.00 bits per heavy atom. The van der Waals surface area contributed by atoms with E-state index in [1.165, 1.54) is 11.1 Å². The fourth-order valence-corrected chi connectivity index (χ4v) is 2.26. The zero-order chi connectivity index (χ0) is 13.8. The SMILES string of the molecule is CNC(CCCl)c1cc(C(C)(C)C)ccc1OC. The number of nitrogens with one attached hydrogen (secondary N) is 1. The Morgan fingerprint density at radius 1 is 1.33 bits per heavy atom. The summed E-state index contributed by atoms with van der Waals surface area (Å²) < 4.78 is 5.46. The molecule has 0 amide bonds. The van der Waals surface area contributed by atoms with Gasteiger partial charge in [0.05, 0.1) is 7.11 Å². The normalized spacial score (nSPS) is 13.4. The molecular weight excluding hydrogens is 246 g/mol. The number of rotatable bonds is 5. The van der Waals surface area contributed by atoms with Gasteiger partial charge >= 0.3 is 0 Å². The monoisotopic (exact) mass is 269 g/mol. The molecular formula is C15H24ClNO. The molecule has 0 saturated carbocycles. The zero-order valence-electron chi connectivity index (χ0n) is 12.0. The largest absolute Gasteiger partial charge is 0.496 e. The van der Waals surface area contributed by atoms with Crippen LogP contribution in [0.5, 0.6) is 5.75 Å². The van der Waals surface area contributed by atoms with E-state index >= 15 is 0 Å². The van der Waals surface area contributed by atoms with Crippen molar-refractivity contribution in [1.29, 1.82) is 0 Å². The van der Waals surface area contributed by atoms with Crippen molar-refractivity contribution < 1.29 is 4.74 Å². The summed E-state index contributed by atoms with van der Waals surface area (Å²) in [4.78, 5) is 0. The van der Waals surface area contributed by atoms with Gasteiger partial charge in [0.2, 0.25) is 0 Å². The number of halogens is 1. The van der Waals surface area contributed by atoms with E-state index in [0.717, 1.165) is 12.2 Å². The van der Waals surface area contributed by atoms with E-state index in [0.29, 0.717) is 5.88 Å². The average Bonchev–Trinajstić information content (AvgIpc) is 2.34. The second-order valence-corrected chi connectivity index (χ2v) is 5.90. The van der Waals surface area contributed by atoms with Gasteiger partial charge in [0.15, 0.2) is 0 Å². The number of benzene rings is 1. The van der Waals surface area contributed by atoms with Crippen molar-refractivity contribution in [3.8, 4) is 5.75 Å². The second-order valence-electron chi connectivity index (χ2n) is 5.53. The van der Waals surface area contributed by atoms with E-state index in [-0.39, 0.29) is 11.5 Å². The maximum Gasteiger partial charge on any atom is 0.123 e. The Bertz CT molecular complexity index is 385. The summed E-state index contributed by atoms with van der Waals surface area (Å²) in [5.41, 5.74) is 2.64. The zero-order valence-corrected chi connectivity index (χ0v) is 12.8. The molecule has 18 heavy (non-hydrogen) atoms. The van der Waals surface area contributed by atoms with Crippen molar-refractivity contribution in [2.75, 3.05) is 20.0 Å². The van der Waals surface area contributed by atoms with Gasteiger partial charge in [0, 0.05) is 17.5 Å². The summed E-state index contributed by atoms with van der Waals surface area (Å²) in [5, 5.41) is 3.31. The van der Waals surface area contributed by atoms with E-state index in [1.807, 2.05) is 7.05 Å². The Balaban J connectivity index is 3.20. The van der Waals surface area contributed by atoms with Crippen LogP contribution < -0.4 is 10.1 Å². The molecule has 1 rings (SSSR count). The lowest BCUT2D eigenvalue weighted by molar-refractivity contribution is 0.399. The van der Waals surface area contributed by atoms with Crippen LogP contribution in [0.4, 0.5) is 0 Å². The number of alkyl halides is 1. The Kier molecular flexibility index (Phi) is 5.48. The smallest absolute Gasteiger partial charge is 0.123 e. The molecule has 2 nitrogen and oxygen atoms in total. The third kappa shape index (κ3) is 3.63. The quantitative estimate of drug-likeness (QED) is 0.819. The van der Waals surface area contributed by atoms with Gasteiger partial charge in [0.25, 0.3) is 0 Å². The van der Waals surface area contributed by atoms with Crippen LogP contribution in [-0.4, -0.2) is 20.0 Å².